The van der Waals surface area contributed by atoms with Gasteiger partial charge in [0.05, 0.1) is 6.04 Å². The first-order chi connectivity index (χ1) is 7.65. The molecule has 0 aliphatic carbocycles. The highest BCUT2D eigenvalue weighted by Gasteiger charge is 2.09. The number of hydrogen-bond donors (Lipinski definition) is 3. The standard InChI is InChI=1S/C8H10N6O2/c1-4(9)7-13-14-8(16-7)10-5-2-3-6(15)12-11-5/h2-4H,9H2,1H3,(H,12,15)(H,10,11,14). The Bertz CT molecular complexity index is 511. The van der Waals surface area contributed by atoms with Gasteiger partial charge in [-0.15, -0.1) is 5.10 Å². The van der Waals surface area contributed by atoms with Gasteiger partial charge in [0.1, 0.15) is 0 Å². The van der Waals surface area contributed by atoms with Crippen LogP contribution in [0.1, 0.15) is 18.9 Å². The molecule has 0 amide bonds. The summed E-state index contributed by atoms with van der Waals surface area (Å²) in [6.45, 7) is 1.73. The predicted octanol–water partition coefficient (Wildman–Crippen LogP) is -0.0838. The molecule has 2 aromatic heterocycles. The number of nitrogens with one attached hydrogen (secondary N) is 2. The summed E-state index contributed by atoms with van der Waals surface area (Å²) in [5.41, 5.74) is 5.27. The van der Waals surface area contributed by atoms with Crippen LogP contribution in [0.15, 0.2) is 21.3 Å². The summed E-state index contributed by atoms with van der Waals surface area (Å²) >= 11 is 0. The van der Waals surface area contributed by atoms with Gasteiger partial charge in [0, 0.05) is 6.07 Å². The van der Waals surface area contributed by atoms with Gasteiger partial charge in [0.2, 0.25) is 5.89 Å². The average molecular weight is 222 g/mol. The lowest BCUT2D eigenvalue weighted by Gasteiger charge is -1.98. The van der Waals surface area contributed by atoms with Crippen LogP contribution in [-0.4, -0.2) is 20.4 Å². The molecule has 0 saturated heterocycles. The van der Waals surface area contributed by atoms with Crippen LogP contribution in [-0.2, 0) is 0 Å². The highest BCUT2D eigenvalue weighted by atomic mass is 16.4. The number of anilines is 2. The molecule has 2 rings (SSSR count). The molecule has 0 radical (unpaired) electrons. The van der Waals surface area contributed by atoms with Crippen molar-refractivity contribution >= 4 is 11.8 Å². The minimum absolute atomic E-state index is 0.173. The number of H-pyrrole nitrogens is 1. The Balaban J connectivity index is 2.14. The van der Waals surface area contributed by atoms with Crippen LogP contribution in [0.4, 0.5) is 11.8 Å². The Morgan fingerprint density at radius 2 is 2.31 bits per heavy atom. The topological polar surface area (TPSA) is 123 Å². The van der Waals surface area contributed by atoms with Crippen molar-refractivity contribution in [3.63, 3.8) is 0 Å². The Morgan fingerprint density at radius 3 is 2.88 bits per heavy atom. The zero-order valence-electron chi connectivity index (χ0n) is 8.47. The normalized spacial score (nSPS) is 12.4. The van der Waals surface area contributed by atoms with Crippen molar-refractivity contribution in [2.45, 2.75) is 13.0 Å². The lowest BCUT2D eigenvalue weighted by molar-refractivity contribution is 0.475. The molecule has 2 aromatic rings. The summed E-state index contributed by atoms with van der Waals surface area (Å²) < 4.78 is 5.19. The monoisotopic (exact) mass is 222 g/mol. The van der Waals surface area contributed by atoms with E-state index in [1.807, 2.05) is 0 Å². The van der Waals surface area contributed by atoms with E-state index in [-0.39, 0.29) is 17.6 Å². The van der Waals surface area contributed by atoms with E-state index in [9.17, 15) is 4.79 Å². The lowest BCUT2D eigenvalue weighted by Crippen LogP contribution is -2.07. The third-order valence-electron chi connectivity index (χ3n) is 1.74. The van der Waals surface area contributed by atoms with Gasteiger partial charge < -0.3 is 10.2 Å². The number of aromatic nitrogens is 4. The maximum atomic E-state index is 10.8. The summed E-state index contributed by atoms with van der Waals surface area (Å²) in [4.78, 5) is 10.8. The number of nitrogens with zero attached hydrogens (tertiary/aromatic N) is 3. The van der Waals surface area contributed by atoms with E-state index in [4.69, 9.17) is 10.2 Å². The molecule has 1 unspecified atom stereocenters. The molecule has 4 N–H and O–H groups in total. The fourth-order valence-electron chi connectivity index (χ4n) is 0.993. The maximum Gasteiger partial charge on any atom is 0.321 e. The van der Waals surface area contributed by atoms with Gasteiger partial charge in [-0.05, 0) is 13.0 Å². The molecule has 0 saturated carbocycles. The first kappa shape index (κ1) is 10.3. The van der Waals surface area contributed by atoms with Gasteiger partial charge in [0.15, 0.2) is 5.82 Å². The summed E-state index contributed by atoms with van der Waals surface area (Å²) in [5.74, 6) is 0.728. The summed E-state index contributed by atoms with van der Waals surface area (Å²) in [5, 5.41) is 16.2. The molecule has 2 heterocycles. The molecular weight excluding hydrogens is 212 g/mol. The van der Waals surface area contributed by atoms with E-state index in [1.165, 1.54) is 12.1 Å². The van der Waals surface area contributed by atoms with Crippen LogP contribution >= 0.6 is 0 Å². The summed E-state index contributed by atoms with van der Waals surface area (Å²) in [7, 11) is 0. The molecule has 0 bridgehead atoms. The third-order valence-corrected chi connectivity index (χ3v) is 1.74. The predicted molar refractivity (Wildman–Crippen MR) is 55.0 cm³/mol. The van der Waals surface area contributed by atoms with E-state index in [2.05, 4.69) is 25.7 Å². The molecule has 0 aliphatic rings. The zero-order valence-corrected chi connectivity index (χ0v) is 8.47. The maximum absolute atomic E-state index is 10.8. The molecule has 8 heteroatoms. The molecule has 0 spiro atoms. The molecule has 1 atom stereocenters. The smallest absolute Gasteiger partial charge is 0.321 e. The van der Waals surface area contributed by atoms with Gasteiger partial charge in [-0.25, -0.2) is 5.10 Å². The summed E-state index contributed by atoms with van der Waals surface area (Å²) in [6, 6.07) is 2.67. The summed E-state index contributed by atoms with van der Waals surface area (Å²) in [6.07, 6.45) is 0. The van der Waals surface area contributed by atoms with Crippen molar-refractivity contribution < 1.29 is 4.42 Å². The Kier molecular flexibility index (Phi) is 2.64. The van der Waals surface area contributed by atoms with Gasteiger partial charge in [-0.3, -0.25) is 10.1 Å². The highest BCUT2D eigenvalue weighted by molar-refractivity contribution is 5.43. The van der Waals surface area contributed by atoms with E-state index in [0.717, 1.165) is 0 Å². The second-order valence-corrected chi connectivity index (χ2v) is 3.17. The lowest BCUT2D eigenvalue weighted by atomic mass is 10.4. The fraction of sp³-hybridized carbons (Fsp3) is 0.250. The second kappa shape index (κ2) is 4.11. The van der Waals surface area contributed by atoms with Gasteiger partial charge in [0.25, 0.3) is 5.56 Å². The average Bonchev–Trinajstić information content (AvgIpc) is 2.70. The first-order valence-electron chi connectivity index (χ1n) is 4.57. The van der Waals surface area contributed by atoms with Crippen molar-refractivity contribution in [3.8, 4) is 0 Å². The zero-order chi connectivity index (χ0) is 11.5. The molecule has 16 heavy (non-hydrogen) atoms. The van der Waals surface area contributed by atoms with Crippen LogP contribution in [0.25, 0.3) is 0 Å². The minimum atomic E-state index is -0.327. The SMILES string of the molecule is CC(N)c1nnc(Nc2ccc(=O)[nH]n2)o1. The number of hydrogen-bond acceptors (Lipinski definition) is 7. The van der Waals surface area contributed by atoms with Crippen LogP contribution in [0, 0.1) is 0 Å². The molecule has 0 fully saturated rings. The Morgan fingerprint density at radius 1 is 1.50 bits per heavy atom. The molecule has 84 valence electrons. The molecule has 8 nitrogen and oxygen atoms in total. The molecule has 0 aliphatic heterocycles. The number of rotatable bonds is 3. The van der Waals surface area contributed by atoms with Crippen LogP contribution in [0.2, 0.25) is 0 Å². The van der Waals surface area contributed by atoms with Crippen molar-refractivity contribution in [1.82, 2.24) is 20.4 Å². The van der Waals surface area contributed by atoms with E-state index in [1.54, 1.807) is 6.92 Å². The van der Waals surface area contributed by atoms with Crippen molar-refractivity contribution in [3.05, 3.63) is 28.4 Å². The van der Waals surface area contributed by atoms with E-state index >= 15 is 0 Å². The van der Waals surface area contributed by atoms with E-state index in [0.29, 0.717) is 11.7 Å². The number of nitrogens with two attached hydrogens (primary N) is 1. The quantitative estimate of drug-likeness (QED) is 0.663. The van der Waals surface area contributed by atoms with Gasteiger partial charge in [-0.2, -0.15) is 5.10 Å². The third kappa shape index (κ3) is 2.23. The highest BCUT2D eigenvalue weighted by Crippen LogP contribution is 2.14. The number of aromatic amines is 1. The van der Waals surface area contributed by atoms with Crippen LogP contribution < -0.4 is 16.6 Å². The minimum Gasteiger partial charge on any atom is -0.406 e. The Labute approximate surface area is 89.9 Å². The second-order valence-electron chi connectivity index (χ2n) is 3.17. The van der Waals surface area contributed by atoms with Crippen LogP contribution in [0.3, 0.4) is 0 Å². The van der Waals surface area contributed by atoms with Gasteiger partial charge in [-0.1, -0.05) is 5.10 Å². The van der Waals surface area contributed by atoms with Crippen molar-refractivity contribution in [1.29, 1.82) is 0 Å². The van der Waals surface area contributed by atoms with Gasteiger partial charge >= 0.3 is 6.01 Å². The van der Waals surface area contributed by atoms with E-state index < -0.39 is 0 Å². The Hall–Kier alpha value is -2.22. The van der Waals surface area contributed by atoms with Crippen LogP contribution in [0.5, 0.6) is 0 Å². The van der Waals surface area contributed by atoms with Crippen molar-refractivity contribution in [2.75, 3.05) is 5.32 Å². The van der Waals surface area contributed by atoms with Crippen molar-refractivity contribution in [2.24, 2.45) is 5.73 Å². The largest absolute Gasteiger partial charge is 0.406 e. The molecule has 0 aromatic carbocycles. The fourth-order valence-corrected chi connectivity index (χ4v) is 0.993. The first-order valence-corrected chi connectivity index (χ1v) is 4.57. The molecular formula is C8H10N6O2.